The SMILES string of the molecule is Cc1cc(C)nc(-n2nc(C)c3c(N)[nH]nc32)n1. The van der Waals surface area contributed by atoms with Gasteiger partial charge in [0, 0.05) is 11.4 Å². The Labute approximate surface area is 103 Å². The highest BCUT2D eigenvalue weighted by Crippen LogP contribution is 2.23. The molecule has 3 N–H and O–H groups in total. The fourth-order valence-corrected chi connectivity index (χ4v) is 2.04. The van der Waals surface area contributed by atoms with Crippen LogP contribution in [0.4, 0.5) is 5.82 Å². The van der Waals surface area contributed by atoms with Crippen LogP contribution in [-0.2, 0) is 0 Å². The molecule has 0 saturated heterocycles. The van der Waals surface area contributed by atoms with E-state index in [4.69, 9.17) is 5.73 Å². The molecule has 92 valence electrons. The molecule has 7 heteroatoms. The summed E-state index contributed by atoms with van der Waals surface area (Å²) >= 11 is 0. The predicted octanol–water partition coefficient (Wildman–Crippen LogP) is 1.05. The van der Waals surface area contributed by atoms with Gasteiger partial charge < -0.3 is 5.73 Å². The summed E-state index contributed by atoms with van der Waals surface area (Å²) in [6.07, 6.45) is 0. The minimum absolute atomic E-state index is 0.511. The van der Waals surface area contributed by atoms with Gasteiger partial charge in [0.1, 0.15) is 5.82 Å². The zero-order valence-corrected chi connectivity index (χ0v) is 10.4. The topological polar surface area (TPSA) is 98.3 Å². The molecule has 0 radical (unpaired) electrons. The largest absolute Gasteiger partial charge is 0.383 e. The molecule has 3 aromatic heterocycles. The maximum Gasteiger partial charge on any atom is 0.253 e. The highest BCUT2D eigenvalue weighted by atomic mass is 15.4. The van der Waals surface area contributed by atoms with E-state index in [2.05, 4.69) is 25.3 Å². The van der Waals surface area contributed by atoms with Gasteiger partial charge in [0.2, 0.25) is 0 Å². The molecule has 3 rings (SSSR count). The summed E-state index contributed by atoms with van der Waals surface area (Å²) in [5.41, 5.74) is 9.05. The average molecular weight is 243 g/mol. The highest BCUT2D eigenvalue weighted by Gasteiger charge is 2.16. The van der Waals surface area contributed by atoms with Crippen molar-refractivity contribution in [1.29, 1.82) is 0 Å². The monoisotopic (exact) mass is 243 g/mol. The second-order valence-corrected chi connectivity index (χ2v) is 4.28. The number of H-pyrrole nitrogens is 1. The summed E-state index contributed by atoms with van der Waals surface area (Å²) in [6, 6.07) is 1.91. The van der Waals surface area contributed by atoms with Gasteiger partial charge in [-0.1, -0.05) is 0 Å². The van der Waals surface area contributed by atoms with E-state index in [0.29, 0.717) is 17.4 Å². The van der Waals surface area contributed by atoms with E-state index >= 15 is 0 Å². The van der Waals surface area contributed by atoms with Crippen LogP contribution in [0.15, 0.2) is 6.07 Å². The quantitative estimate of drug-likeness (QED) is 0.665. The van der Waals surface area contributed by atoms with Crippen molar-refractivity contribution in [2.45, 2.75) is 20.8 Å². The smallest absolute Gasteiger partial charge is 0.253 e. The lowest BCUT2D eigenvalue weighted by Crippen LogP contribution is -2.05. The van der Waals surface area contributed by atoms with E-state index in [-0.39, 0.29) is 0 Å². The summed E-state index contributed by atoms with van der Waals surface area (Å²) < 4.78 is 1.61. The van der Waals surface area contributed by atoms with E-state index < -0.39 is 0 Å². The highest BCUT2D eigenvalue weighted by molar-refractivity contribution is 5.89. The molecule has 7 nitrogen and oxygen atoms in total. The summed E-state index contributed by atoms with van der Waals surface area (Å²) in [5.74, 6) is 1.02. The Bertz CT molecular complexity index is 717. The molecule has 0 aliphatic heterocycles. The fraction of sp³-hybridized carbons (Fsp3) is 0.273. The number of hydrogen-bond donors (Lipinski definition) is 2. The minimum atomic E-state index is 0.511. The Morgan fingerprint density at radius 3 is 2.50 bits per heavy atom. The second kappa shape index (κ2) is 3.52. The molecule has 0 fully saturated rings. The van der Waals surface area contributed by atoms with Crippen molar-refractivity contribution in [2.75, 3.05) is 5.73 Å². The van der Waals surface area contributed by atoms with Crippen molar-refractivity contribution in [2.24, 2.45) is 0 Å². The number of anilines is 1. The average Bonchev–Trinajstić information content (AvgIpc) is 2.80. The normalized spacial score (nSPS) is 11.3. The van der Waals surface area contributed by atoms with Gasteiger partial charge in [-0.3, -0.25) is 5.10 Å². The molecule has 0 aliphatic carbocycles. The molecule has 3 heterocycles. The van der Waals surface area contributed by atoms with Gasteiger partial charge >= 0.3 is 0 Å². The first-order chi connectivity index (χ1) is 8.56. The van der Waals surface area contributed by atoms with Crippen LogP contribution in [0.3, 0.4) is 0 Å². The zero-order valence-electron chi connectivity index (χ0n) is 10.4. The number of nitrogens with zero attached hydrogens (tertiary/aromatic N) is 5. The number of nitrogens with one attached hydrogen (secondary N) is 1. The summed E-state index contributed by atoms with van der Waals surface area (Å²) in [6.45, 7) is 5.72. The lowest BCUT2D eigenvalue weighted by molar-refractivity contribution is 0.791. The zero-order chi connectivity index (χ0) is 12.9. The molecular weight excluding hydrogens is 230 g/mol. The standard InChI is InChI=1S/C11H13N7/c1-5-4-6(2)14-11(13-5)18-10-8(7(3)17-18)9(12)15-16-10/h4H,1-3H3,(H3,12,15,16). The van der Waals surface area contributed by atoms with Crippen molar-refractivity contribution in [3.8, 4) is 5.95 Å². The van der Waals surface area contributed by atoms with Crippen molar-refractivity contribution in [3.05, 3.63) is 23.1 Å². The molecule has 0 unspecified atom stereocenters. The molecule has 0 amide bonds. The Balaban J connectivity index is 2.31. The predicted molar refractivity (Wildman–Crippen MR) is 67.4 cm³/mol. The van der Waals surface area contributed by atoms with Gasteiger partial charge in [-0.25, -0.2) is 9.97 Å². The van der Waals surface area contributed by atoms with Crippen molar-refractivity contribution in [1.82, 2.24) is 29.9 Å². The fourth-order valence-electron chi connectivity index (χ4n) is 2.04. The first-order valence-corrected chi connectivity index (χ1v) is 5.58. The van der Waals surface area contributed by atoms with Crippen LogP contribution in [0.5, 0.6) is 0 Å². The molecule has 0 aliphatic rings. The van der Waals surface area contributed by atoms with Crippen molar-refractivity contribution >= 4 is 16.9 Å². The van der Waals surface area contributed by atoms with Crippen LogP contribution < -0.4 is 5.73 Å². The van der Waals surface area contributed by atoms with E-state index in [0.717, 1.165) is 22.5 Å². The van der Waals surface area contributed by atoms with Gasteiger partial charge in [0.05, 0.1) is 11.1 Å². The maximum atomic E-state index is 5.82. The van der Waals surface area contributed by atoms with Gasteiger partial charge in [-0.05, 0) is 26.8 Å². The molecule has 0 aromatic carbocycles. The Morgan fingerprint density at radius 1 is 1.17 bits per heavy atom. The molecule has 0 saturated carbocycles. The first-order valence-electron chi connectivity index (χ1n) is 5.58. The van der Waals surface area contributed by atoms with Gasteiger partial charge in [0.15, 0.2) is 5.65 Å². The van der Waals surface area contributed by atoms with Crippen LogP contribution in [0, 0.1) is 20.8 Å². The van der Waals surface area contributed by atoms with Gasteiger partial charge in [-0.15, -0.1) is 0 Å². The first kappa shape index (κ1) is 10.7. The minimum Gasteiger partial charge on any atom is -0.383 e. The third kappa shape index (κ3) is 1.44. The molecule has 0 atom stereocenters. The summed E-state index contributed by atoms with van der Waals surface area (Å²) in [7, 11) is 0. The number of aromatic amines is 1. The van der Waals surface area contributed by atoms with Crippen LogP contribution >= 0.6 is 0 Å². The van der Waals surface area contributed by atoms with Crippen LogP contribution in [0.25, 0.3) is 17.0 Å². The number of rotatable bonds is 1. The molecule has 0 spiro atoms. The molecule has 18 heavy (non-hydrogen) atoms. The number of nitrogen functional groups attached to an aromatic ring is 1. The van der Waals surface area contributed by atoms with Gasteiger partial charge in [-0.2, -0.15) is 14.9 Å². The third-order valence-corrected chi connectivity index (χ3v) is 2.75. The number of hydrogen-bond acceptors (Lipinski definition) is 5. The third-order valence-electron chi connectivity index (χ3n) is 2.75. The lowest BCUT2D eigenvalue weighted by atomic mass is 10.3. The van der Waals surface area contributed by atoms with E-state index in [1.165, 1.54) is 0 Å². The number of nitrogens with two attached hydrogens (primary N) is 1. The molecular formula is C11H13N7. The van der Waals surface area contributed by atoms with Crippen molar-refractivity contribution in [3.63, 3.8) is 0 Å². The van der Waals surface area contributed by atoms with E-state index in [9.17, 15) is 0 Å². The molecule has 0 bridgehead atoms. The van der Waals surface area contributed by atoms with Crippen LogP contribution in [0.2, 0.25) is 0 Å². The maximum absolute atomic E-state index is 5.82. The molecule has 3 aromatic rings. The Hall–Kier alpha value is -2.44. The van der Waals surface area contributed by atoms with Crippen LogP contribution in [0.1, 0.15) is 17.1 Å². The Kier molecular flexibility index (Phi) is 2.09. The summed E-state index contributed by atoms with van der Waals surface area (Å²) in [4.78, 5) is 8.74. The Morgan fingerprint density at radius 2 is 1.83 bits per heavy atom. The van der Waals surface area contributed by atoms with Gasteiger partial charge in [0.25, 0.3) is 5.95 Å². The van der Waals surface area contributed by atoms with E-state index in [1.54, 1.807) is 4.68 Å². The number of fused-ring (bicyclic) bond motifs is 1. The lowest BCUT2D eigenvalue weighted by Gasteiger charge is -2.02. The second-order valence-electron chi connectivity index (χ2n) is 4.28. The van der Waals surface area contributed by atoms with E-state index in [1.807, 2.05) is 26.8 Å². The van der Waals surface area contributed by atoms with Crippen LogP contribution in [-0.4, -0.2) is 29.9 Å². The summed E-state index contributed by atoms with van der Waals surface area (Å²) in [5, 5.41) is 12.1. The number of aryl methyl sites for hydroxylation is 3. The number of aromatic nitrogens is 6. The van der Waals surface area contributed by atoms with Crippen molar-refractivity contribution < 1.29 is 0 Å².